The number of carbonyl (C=O) groups is 2. The quantitative estimate of drug-likeness (QED) is 0.449. The summed E-state index contributed by atoms with van der Waals surface area (Å²) in [5, 5.41) is 2.81. The van der Waals surface area contributed by atoms with E-state index in [4.69, 9.17) is 4.74 Å². The molecule has 0 aliphatic carbocycles. The number of sulfonamides is 1. The monoisotopic (exact) mass is 507 g/mol. The number of hydrogen-bond donors (Lipinski definition) is 1. The molecule has 0 aromatic heterocycles. The number of nitrogens with zero attached hydrogens (tertiary/aromatic N) is 2. The third-order valence-electron chi connectivity index (χ3n) is 5.32. The van der Waals surface area contributed by atoms with E-state index in [9.17, 15) is 22.4 Å². The second kappa shape index (κ2) is 13.1. The van der Waals surface area contributed by atoms with Crippen LogP contribution in [0.5, 0.6) is 5.75 Å². The minimum Gasteiger partial charge on any atom is -0.494 e. The molecule has 0 heterocycles. The molecule has 0 bridgehead atoms. The van der Waals surface area contributed by atoms with E-state index in [0.717, 1.165) is 17.0 Å². The maximum absolute atomic E-state index is 13.5. The van der Waals surface area contributed by atoms with Crippen molar-refractivity contribution in [2.75, 3.05) is 30.3 Å². The normalized spacial score (nSPS) is 12.0. The molecule has 0 fully saturated rings. The summed E-state index contributed by atoms with van der Waals surface area (Å²) in [5.41, 5.74) is 0.919. The van der Waals surface area contributed by atoms with Gasteiger partial charge in [-0.3, -0.25) is 13.9 Å². The lowest BCUT2D eigenvalue weighted by Crippen LogP contribution is -2.52. The van der Waals surface area contributed by atoms with E-state index in [1.54, 1.807) is 31.2 Å². The maximum Gasteiger partial charge on any atom is 0.244 e. The summed E-state index contributed by atoms with van der Waals surface area (Å²) in [6, 6.07) is 11.2. The van der Waals surface area contributed by atoms with Crippen LogP contribution in [0.15, 0.2) is 48.5 Å². The highest BCUT2D eigenvalue weighted by molar-refractivity contribution is 7.92. The highest BCUT2D eigenvalue weighted by atomic mass is 32.2. The highest BCUT2D eigenvalue weighted by Crippen LogP contribution is 2.23. The van der Waals surface area contributed by atoms with Crippen molar-refractivity contribution in [1.29, 1.82) is 0 Å². The number of benzene rings is 2. The molecule has 0 spiro atoms. The Morgan fingerprint density at radius 1 is 1.03 bits per heavy atom. The Kier molecular flexibility index (Phi) is 10.5. The predicted molar refractivity (Wildman–Crippen MR) is 134 cm³/mol. The van der Waals surface area contributed by atoms with Crippen LogP contribution in [0.1, 0.15) is 39.2 Å². The first-order valence-corrected chi connectivity index (χ1v) is 13.5. The number of rotatable bonds is 13. The fraction of sp³-hybridized carbons (Fsp3) is 0.440. The van der Waals surface area contributed by atoms with E-state index in [1.165, 1.54) is 29.2 Å². The summed E-state index contributed by atoms with van der Waals surface area (Å²) < 4.78 is 45.1. The molecule has 2 rings (SSSR count). The predicted octanol–water partition coefficient (Wildman–Crippen LogP) is 3.32. The van der Waals surface area contributed by atoms with E-state index in [0.29, 0.717) is 36.6 Å². The maximum atomic E-state index is 13.5. The Hall–Kier alpha value is -3.14. The Balaban J connectivity index is 2.38. The minimum absolute atomic E-state index is 0.0258. The summed E-state index contributed by atoms with van der Waals surface area (Å²) in [7, 11) is -3.82. The lowest BCUT2D eigenvalue weighted by Gasteiger charge is -2.33. The number of nitrogens with one attached hydrogen (secondary N) is 1. The van der Waals surface area contributed by atoms with Crippen LogP contribution in [0, 0.1) is 5.82 Å². The largest absolute Gasteiger partial charge is 0.494 e. The van der Waals surface area contributed by atoms with Gasteiger partial charge in [-0.15, -0.1) is 0 Å². The smallest absolute Gasteiger partial charge is 0.244 e. The molecule has 35 heavy (non-hydrogen) atoms. The van der Waals surface area contributed by atoms with Crippen molar-refractivity contribution in [1.82, 2.24) is 10.2 Å². The van der Waals surface area contributed by atoms with Crippen LogP contribution >= 0.6 is 0 Å². The molecule has 8 nitrogen and oxygen atoms in total. The third-order valence-corrected chi connectivity index (χ3v) is 6.46. The molecule has 1 atom stereocenters. The van der Waals surface area contributed by atoms with Gasteiger partial charge in [0.1, 0.15) is 24.2 Å². The molecule has 1 N–H and O–H groups in total. The van der Waals surface area contributed by atoms with E-state index in [-0.39, 0.29) is 12.5 Å². The van der Waals surface area contributed by atoms with Gasteiger partial charge in [-0.25, -0.2) is 12.8 Å². The molecular weight excluding hydrogens is 473 g/mol. The van der Waals surface area contributed by atoms with Crippen molar-refractivity contribution in [3.8, 4) is 5.75 Å². The van der Waals surface area contributed by atoms with Crippen LogP contribution in [-0.2, 0) is 26.2 Å². The number of ether oxygens (including phenoxy) is 1. The zero-order chi connectivity index (χ0) is 26.0. The lowest BCUT2D eigenvalue weighted by atomic mass is 10.1. The average Bonchev–Trinajstić information content (AvgIpc) is 2.82. The van der Waals surface area contributed by atoms with Crippen LogP contribution < -0.4 is 14.4 Å². The molecule has 0 saturated carbocycles. The van der Waals surface area contributed by atoms with Gasteiger partial charge in [0.15, 0.2) is 0 Å². The first-order valence-electron chi connectivity index (χ1n) is 11.6. The number of carbonyl (C=O) groups excluding carboxylic acids is 2. The molecule has 0 saturated heterocycles. The Bertz CT molecular complexity index is 1080. The molecule has 192 valence electrons. The van der Waals surface area contributed by atoms with Crippen molar-refractivity contribution in [3.63, 3.8) is 0 Å². The third kappa shape index (κ3) is 8.24. The molecule has 0 aliphatic rings. The van der Waals surface area contributed by atoms with E-state index >= 15 is 0 Å². The SMILES string of the molecule is CCCNC(=O)[C@@H](CC)N(Cc1ccc(F)cc1)C(=O)CN(c1ccc(OCC)cc1)S(C)(=O)=O. The minimum atomic E-state index is -3.82. The van der Waals surface area contributed by atoms with Gasteiger partial charge in [0.25, 0.3) is 0 Å². The summed E-state index contributed by atoms with van der Waals surface area (Å²) in [5.74, 6) is -0.713. The van der Waals surface area contributed by atoms with E-state index in [2.05, 4.69) is 5.32 Å². The van der Waals surface area contributed by atoms with E-state index < -0.39 is 34.3 Å². The fourth-order valence-electron chi connectivity index (χ4n) is 3.56. The number of halogens is 1. The van der Waals surface area contributed by atoms with Crippen LogP contribution in [0.2, 0.25) is 0 Å². The standard InChI is InChI=1S/C25H34FN3O5S/c1-5-16-27-25(31)23(6-2)28(17-19-8-10-20(26)11-9-19)24(30)18-29(35(4,32)33)21-12-14-22(15-13-21)34-7-3/h8-15,23H,5-7,16-18H2,1-4H3,(H,27,31)/t23-/m1/s1. The second-order valence-electron chi connectivity index (χ2n) is 8.06. The molecule has 0 radical (unpaired) electrons. The molecule has 0 unspecified atom stereocenters. The Morgan fingerprint density at radius 3 is 2.17 bits per heavy atom. The van der Waals surface area contributed by atoms with Gasteiger partial charge < -0.3 is 15.0 Å². The lowest BCUT2D eigenvalue weighted by molar-refractivity contribution is -0.140. The molecule has 2 aromatic rings. The van der Waals surface area contributed by atoms with Crippen molar-refractivity contribution >= 4 is 27.5 Å². The van der Waals surface area contributed by atoms with Crippen molar-refractivity contribution in [2.45, 2.75) is 46.2 Å². The van der Waals surface area contributed by atoms with Gasteiger partial charge in [0.2, 0.25) is 21.8 Å². The summed E-state index contributed by atoms with van der Waals surface area (Å²) in [6.45, 7) is 5.99. The molecule has 10 heteroatoms. The van der Waals surface area contributed by atoms with Crippen LogP contribution in [-0.4, -0.2) is 57.1 Å². The van der Waals surface area contributed by atoms with Gasteiger partial charge in [-0.05, 0) is 61.7 Å². The number of amides is 2. The van der Waals surface area contributed by atoms with Crippen LogP contribution in [0.25, 0.3) is 0 Å². The fourth-order valence-corrected chi connectivity index (χ4v) is 4.41. The van der Waals surface area contributed by atoms with Gasteiger partial charge in [0.05, 0.1) is 18.6 Å². The van der Waals surface area contributed by atoms with Gasteiger partial charge in [-0.1, -0.05) is 26.0 Å². The van der Waals surface area contributed by atoms with Gasteiger partial charge in [0, 0.05) is 13.1 Å². The average molecular weight is 508 g/mol. The zero-order valence-electron chi connectivity index (χ0n) is 20.7. The van der Waals surface area contributed by atoms with Gasteiger partial charge in [-0.2, -0.15) is 0 Å². The Morgan fingerprint density at radius 2 is 1.66 bits per heavy atom. The van der Waals surface area contributed by atoms with Crippen molar-refractivity contribution in [3.05, 3.63) is 59.9 Å². The van der Waals surface area contributed by atoms with Crippen molar-refractivity contribution in [2.24, 2.45) is 0 Å². The summed E-state index contributed by atoms with van der Waals surface area (Å²) in [6.07, 6.45) is 2.07. The number of anilines is 1. The molecule has 2 aromatic carbocycles. The Labute approximate surface area is 207 Å². The second-order valence-corrected chi connectivity index (χ2v) is 9.97. The van der Waals surface area contributed by atoms with E-state index in [1.807, 2.05) is 13.8 Å². The number of hydrogen-bond acceptors (Lipinski definition) is 5. The summed E-state index contributed by atoms with van der Waals surface area (Å²) >= 11 is 0. The van der Waals surface area contributed by atoms with Crippen molar-refractivity contribution < 1.29 is 27.1 Å². The molecule has 2 amide bonds. The highest BCUT2D eigenvalue weighted by Gasteiger charge is 2.31. The van der Waals surface area contributed by atoms with Gasteiger partial charge >= 0.3 is 0 Å². The molecular formula is C25H34FN3O5S. The topological polar surface area (TPSA) is 96.0 Å². The first-order chi connectivity index (χ1) is 16.6. The summed E-state index contributed by atoms with van der Waals surface area (Å²) in [4.78, 5) is 27.8. The van der Waals surface area contributed by atoms with Crippen LogP contribution in [0.4, 0.5) is 10.1 Å². The molecule has 0 aliphatic heterocycles. The first kappa shape index (κ1) is 28.1. The zero-order valence-corrected chi connectivity index (χ0v) is 21.5. The van der Waals surface area contributed by atoms with Crippen LogP contribution in [0.3, 0.4) is 0 Å².